The highest BCUT2D eigenvalue weighted by atomic mass is 16.6. The number of nitrogens with zero attached hydrogens (tertiary/aromatic N) is 2. The molecule has 3 N–H and O–H groups in total. The van der Waals surface area contributed by atoms with Crippen LogP contribution in [-0.4, -0.2) is 16.5 Å². The smallest absolute Gasteiger partial charge is 0.312 e. The van der Waals surface area contributed by atoms with Gasteiger partial charge < -0.3 is 11.1 Å². The van der Waals surface area contributed by atoms with E-state index in [-0.39, 0.29) is 11.4 Å². The Hall–Kier alpha value is -2.63. The average molecular weight is 258 g/mol. The molecule has 98 valence electrons. The summed E-state index contributed by atoms with van der Waals surface area (Å²) in [6.07, 6.45) is 3.36. The summed E-state index contributed by atoms with van der Waals surface area (Å²) in [4.78, 5) is 14.1. The largest absolute Gasteiger partial charge is 0.396 e. The van der Waals surface area contributed by atoms with Crippen molar-refractivity contribution in [3.63, 3.8) is 0 Å². The molecule has 1 aromatic heterocycles. The Bertz CT molecular complexity index is 572. The fraction of sp³-hybridized carbons (Fsp3) is 0.154. The van der Waals surface area contributed by atoms with E-state index in [0.717, 1.165) is 12.0 Å². The number of nitrogen functional groups attached to an aromatic ring is 1. The summed E-state index contributed by atoms with van der Waals surface area (Å²) in [6.45, 7) is 0.569. The van der Waals surface area contributed by atoms with E-state index in [1.54, 1.807) is 0 Å². The highest BCUT2D eigenvalue weighted by Crippen LogP contribution is 2.28. The van der Waals surface area contributed by atoms with Gasteiger partial charge in [0.1, 0.15) is 11.9 Å². The van der Waals surface area contributed by atoms with E-state index in [1.807, 2.05) is 30.3 Å². The maximum Gasteiger partial charge on any atom is 0.312 e. The Morgan fingerprint density at radius 3 is 2.68 bits per heavy atom. The number of pyridine rings is 1. The van der Waals surface area contributed by atoms with Gasteiger partial charge in [0.25, 0.3) is 0 Å². The second-order valence-corrected chi connectivity index (χ2v) is 4.04. The number of anilines is 2. The number of hydrogen-bond donors (Lipinski definition) is 2. The van der Waals surface area contributed by atoms with Gasteiger partial charge in [-0.25, -0.2) is 0 Å². The number of benzene rings is 1. The van der Waals surface area contributed by atoms with Crippen LogP contribution in [-0.2, 0) is 6.42 Å². The second-order valence-electron chi connectivity index (χ2n) is 4.04. The lowest BCUT2D eigenvalue weighted by Gasteiger charge is -2.09. The Morgan fingerprint density at radius 2 is 2.00 bits per heavy atom. The van der Waals surface area contributed by atoms with E-state index in [0.29, 0.717) is 12.2 Å². The molecule has 2 aromatic rings. The number of hydrogen-bond acceptors (Lipinski definition) is 5. The van der Waals surface area contributed by atoms with E-state index in [1.165, 1.54) is 12.4 Å². The summed E-state index contributed by atoms with van der Waals surface area (Å²) >= 11 is 0. The van der Waals surface area contributed by atoms with Gasteiger partial charge in [0, 0.05) is 6.54 Å². The van der Waals surface area contributed by atoms with Crippen molar-refractivity contribution in [1.29, 1.82) is 0 Å². The molecule has 0 aliphatic rings. The van der Waals surface area contributed by atoms with Crippen LogP contribution in [0.3, 0.4) is 0 Å². The maximum absolute atomic E-state index is 10.9. The zero-order valence-corrected chi connectivity index (χ0v) is 10.2. The second kappa shape index (κ2) is 5.81. The van der Waals surface area contributed by atoms with Crippen LogP contribution in [0.25, 0.3) is 0 Å². The van der Waals surface area contributed by atoms with Gasteiger partial charge in [-0.05, 0) is 12.0 Å². The summed E-state index contributed by atoms with van der Waals surface area (Å²) in [5.41, 5.74) is 7.37. The van der Waals surface area contributed by atoms with Crippen LogP contribution in [0.2, 0.25) is 0 Å². The van der Waals surface area contributed by atoms with Gasteiger partial charge in [-0.15, -0.1) is 0 Å². The first-order chi connectivity index (χ1) is 9.18. The standard InChI is InChI=1S/C13H14N4O2/c14-11-8-15-9-12(17(18)19)13(11)16-7-6-10-4-2-1-3-5-10/h1-5,8-9H,6-7,14H2,(H,15,16). The lowest BCUT2D eigenvalue weighted by molar-refractivity contribution is -0.384. The summed E-state index contributed by atoms with van der Waals surface area (Å²) in [5, 5.41) is 13.9. The monoisotopic (exact) mass is 258 g/mol. The number of rotatable bonds is 5. The number of nitrogens with one attached hydrogen (secondary N) is 1. The van der Waals surface area contributed by atoms with Crippen molar-refractivity contribution < 1.29 is 4.92 Å². The fourth-order valence-electron chi connectivity index (χ4n) is 1.77. The van der Waals surface area contributed by atoms with Gasteiger partial charge in [0.05, 0.1) is 16.8 Å². The first-order valence-corrected chi connectivity index (χ1v) is 5.84. The molecule has 0 bridgehead atoms. The van der Waals surface area contributed by atoms with E-state index >= 15 is 0 Å². The van der Waals surface area contributed by atoms with Crippen LogP contribution in [0, 0.1) is 10.1 Å². The Kier molecular flexibility index (Phi) is 3.92. The fourth-order valence-corrected chi connectivity index (χ4v) is 1.77. The summed E-state index contributed by atoms with van der Waals surface area (Å²) in [6, 6.07) is 9.87. The first kappa shape index (κ1) is 12.8. The van der Waals surface area contributed by atoms with Crippen LogP contribution < -0.4 is 11.1 Å². The zero-order chi connectivity index (χ0) is 13.7. The van der Waals surface area contributed by atoms with Crippen LogP contribution in [0.1, 0.15) is 5.56 Å². The third-order valence-electron chi connectivity index (χ3n) is 2.71. The molecule has 1 aromatic carbocycles. The van der Waals surface area contributed by atoms with Crippen molar-refractivity contribution in [3.8, 4) is 0 Å². The molecule has 0 radical (unpaired) electrons. The number of nitro groups is 1. The minimum absolute atomic E-state index is 0.104. The lowest BCUT2D eigenvalue weighted by atomic mass is 10.1. The van der Waals surface area contributed by atoms with Crippen LogP contribution in [0.4, 0.5) is 17.1 Å². The molecule has 0 saturated heterocycles. The Labute approximate surface area is 110 Å². The van der Waals surface area contributed by atoms with Crippen LogP contribution in [0.15, 0.2) is 42.7 Å². The van der Waals surface area contributed by atoms with Gasteiger partial charge in [-0.1, -0.05) is 30.3 Å². The predicted molar refractivity (Wildman–Crippen MR) is 73.9 cm³/mol. The van der Waals surface area contributed by atoms with E-state index < -0.39 is 4.92 Å². The van der Waals surface area contributed by atoms with Crippen LogP contribution in [0.5, 0.6) is 0 Å². The predicted octanol–water partition coefficient (Wildman–Crippen LogP) is 2.23. The van der Waals surface area contributed by atoms with E-state index in [4.69, 9.17) is 5.73 Å². The quantitative estimate of drug-likeness (QED) is 0.633. The van der Waals surface area contributed by atoms with Crippen molar-refractivity contribution in [2.45, 2.75) is 6.42 Å². The number of aromatic nitrogens is 1. The van der Waals surface area contributed by atoms with Gasteiger partial charge in [-0.3, -0.25) is 15.1 Å². The molecule has 6 nitrogen and oxygen atoms in total. The molecule has 6 heteroatoms. The minimum Gasteiger partial charge on any atom is -0.396 e. The molecule has 0 spiro atoms. The SMILES string of the molecule is Nc1cncc([N+](=O)[O-])c1NCCc1ccccc1. The van der Waals surface area contributed by atoms with Crippen LogP contribution >= 0.6 is 0 Å². The molecule has 0 atom stereocenters. The molecule has 0 fully saturated rings. The minimum atomic E-state index is -0.492. The van der Waals surface area contributed by atoms with Gasteiger partial charge in [-0.2, -0.15) is 0 Å². The topological polar surface area (TPSA) is 94.1 Å². The van der Waals surface area contributed by atoms with Gasteiger partial charge in [0.15, 0.2) is 0 Å². The summed E-state index contributed by atoms with van der Waals surface area (Å²) < 4.78 is 0. The highest BCUT2D eigenvalue weighted by Gasteiger charge is 2.16. The van der Waals surface area contributed by atoms with Crippen molar-refractivity contribution in [1.82, 2.24) is 4.98 Å². The molecule has 0 saturated carbocycles. The lowest BCUT2D eigenvalue weighted by Crippen LogP contribution is -2.09. The molecule has 0 aliphatic carbocycles. The highest BCUT2D eigenvalue weighted by molar-refractivity contribution is 5.75. The first-order valence-electron chi connectivity index (χ1n) is 5.84. The maximum atomic E-state index is 10.9. The van der Waals surface area contributed by atoms with E-state index in [2.05, 4.69) is 10.3 Å². The van der Waals surface area contributed by atoms with Gasteiger partial charge in [0.2, 0.25) is 0 Å². The van der Waals surface area contributed by atoms with Crippen molar-refractivity contribution in [2.24, 2.45) is 0 Å². The number of nitrogens with two attached hydrogens (primary N) is 1. The van der Waals surface area contributed by atoms with Crippen molar-refractivity contribution in [3.05, 3.63) is 58.4 Å². The van der Waals surface area contributed by atoms with Crippen molar-refractivity contribution in [2.75, 3.05) is 17.6 Å². The molecular weight excluding hydrogens is 244 g/mol. The molecule has 0 unspecified atom stereocenters. The van der Waals surface area contributed by atoms with E-state index in [9.17, 15) is 10.1 Å². The molecule has 1 heterocycles. The Balaban J connectivity index is 2.05. The Morgan fingerprint density at radius 1 is 1.26 bits per heavy atom. The summed E-state index contributed by atoms with van der Waals surface area (Å²) in [7, 11) is 0. The zero-order valence-electron chi connectivity index (χ0n) is 10.2. The average Bonchev–Trinajstić information content (AvgIpc) is 2.41. The molecular formula is C13H14N4O2. The molecule has 0 aliphatic heterocycles. The normalized spacial score (nSPS) is 10.1. The molecule has 2 rings (SSSR count). The third-order valence-corrected chi connectivity index (χ3v) is 2.71. The summed E-state index contributed by atoms with van der Waals surface area (Å²) in [5.74, 6) is 0. The van der Waals surface area contributed by atoms with Gasteiger partial charge >= 0.3 is 5.69 Å². The molecule has 0 amide bonds. The molecule has 19 heavy (non-hydrogen) atoms. The van der Waals surface area contributed by atoms with Crippen molar-refractivity contribution >= 4 is 17.1 Å². The third kappa shape index (κ3) is 3.19.